The summed E-state index contributed by atoms with van der Waals surface area (Å²) in [5.74, 6) is 0.0105. The Hall–Kier alpha value is -2.40. The summed E-state index contributed by atoms with van der Waals surface area (Å²) in [6.45, 7) is 10.0. The number of benzene rings is 2. The normalized spacial score (nSPS) is 18.8. The van der Waals surface area contributed by atoms with E-state index in [1.54, 1.807) is 6.07 Å². The van der Waals surface area contributed by atoms with Crippen molar-refractivity contribution in [2.75, 3.05) is 26.2 Å². The summed E-state index contributed by atoms with van der Waals surface area (Å²) in [4.78, 5) is 14.6. The molecule has 0 bridgehead atoms. The predicted octanol–water partition coefficient (Wildman–Crippen LogP) is 6.35. The van der Waals surface area contributed by atoms with Crippen molar-refractivity contribution in [2.24, 2.45) is 5.92 Å². The van der Waals surface area contributed by atoms with Gasteiger partial charge in [0.1, 0.15) is 0 Å². The molecule has 5 rings (SSSR count). The molecule has 2 aromatic carbocycles. The molecule has 0 amide bonds. The molecule has 2 aliphatic heterocycles. The number of carbonyl (C=O) groups is 1. The molecule has 2 heterocycles. The number of fused-ring (bicyclic) bond motifs is 2. The van der Waals surface area contributed by atoms with Crippen LogP contribution in [-0.4, -0.2) is 42.2 Å². The van der Waals surface area contributed by atoms with Crippen molar-refractivity contribution in [1.82, 2.24) is 4.90 Å². The van der Waals surface area contributed by atoms with E-state index in [0.29, 0.717) is 12.4 Å². The summed E-state index contributed by atoms with van der Waals surface area (Å²) < 4.78 is 20.9. The molecule has 194 valence electrons. The van der Waals surface area contributed by atoms with E-state index in [0.717, 1.165) is 83.6 Å². The molecule has 0 spiro atoms. The summed E-state index contributed by atoms with van der Waals surface area (Å²) >= 11 is 0. The topological polar surface area (TPSA) is 49.8 Å². The van der Waals surface area contributed by atoms with Crippen LogP contribution in [0.1, 0.15) is 77.5 Å². The number of halogens is 1. The maximum Gasteiger partial charge on any atom is 0.307 e. The number of hydrogen-bond donors (Lipinski definition) is 1. The number of aliphatic carboxylic acids is 1. The lowest BCUT2D eigenvalue weighted by Crippen LogP contribution is -2.32. The molecule has 0 radical (unpaired) electrons. The van der Waals surface area contributed by atoms with Crippen LogP contribution >= 0.6 is 0 Å². The number of ether oxygens (including phenoxy) is 1. The highest BCUT2D eigenvalue weighted by Crippen LogP contribution is 2.43. The van der Waals surface area contributed by atoms with Gasteiger partial charge in [-0.1, -0.05) is 19.3 Å². The molecule has 5 heteroatoms. The van der Waals surface area contributed by atoms with Crippen LogP contribution in [0.4, 0.5) is 4.39 Å². The number of carboxylic acid groups (broad SMARTS) is 1. The summed E-state index contributed by atoms with van der Waals surface area (Å²) in [7, 11) is 0. The Labute approximate surface area is 214 Å². The highest BCUT2D eigenvalue weighted by atomic mass is 19.1. The van der Waals surface area contributed by atoms with Crippen molar-refractivity contribution in [1.29, 1.82) is 0 Å². The Kier molecular flexibility index (Phi) is 7.39. The number of hydrogen-bond acceptors (Lipinski definition) is 3. The van der Waals surface area contributed by atoms with Crippen molar-refractivity contribution in [3.05, 3.63) is 50.8 Å². The van der Waals surface area contributed by atoms with Gasteiger partial charge in [0, 0.05) is 25.2 Å². The predicted molar refractivity (Wildman–Crippen MR) is 142 cm³/mol. The summed E-state index contributed by atoms with van der Waals surface area (Å²) in [6.07, 6.45) is 10.3. The van der Waals surface area contributed by atoms with E-state index in [-0.39, 0.29) is 12.2 Å². The van der Waals surface area contributed by atoms with E-state index in [4.69, 9.17) is 4.74 Å². The van der Waals surface area contributed by atoms with Gasteiger partial charge in [0.05, 0.1) is 13.0 Å². The van der Waals surface area contributed by atoms with Gasteiger partial charge in [0.2, 0.25) is 0 Å². The maximum atomic E-state index is 15.3. The van der Waals surface area contributed by atoms with Crippen LogP contribution in [0, 0.1) is 32.5 Å². The molecule has 3 aliphatic rings. The fourth-order valence-electron chi connectivity index (χ4n) is 7.10. The zero-order valence-corrected chi connectivity index (χ0v) is 22.1. The van der Waals surface area contributed by atoms with Gasteiger partial charge in [-0.05, 0) is 116 Å². The Bertz CT molecular complexity index is 1170. The van der Waals surface area contributed by atoms with E-state index < -0.39 is 5.97 Å². The van der Waals surface area contributed by atoms with Gasteiger partial charge < -0.3 is 14.7 Å². The van der Waals surface area contributed by atoms with Crippen molar-refractivity contribution in [3.8, 4) is 16.9 Å². The quantitative estimate of drug-likeness (QED) is 0.527. The summed E-state index contributed by atoms with van der Waals surface area (Å²) in [6, 6.07) is 1.59. The van der Waals surface area contributed by atoms with Crippen LogP contribution in [0.25, 0.3) is 11.1 Å². The highest BCUT2D eigenvalue weighted by molar-refractivity contribution is 5.83. The molecule has 0 unspecified atom stereocenters. The van der Waals surface area contributed by atoms with Crippen molar-refractivity contribution in [2.45, 2.75) is 85.0 Å². The van der Waals surface area contributed by atoms with Gasteiger partial charge in [-0.2, -0.15) is 0 Å². The zero-order chi connectivity index (χ0) is 25.4. The van der Waals surface area contributed by atoms with Crippen LogP contribution in [0.2, 0.25) is 0 Å². The van der Waals surface area contributed by atoms with Gasteiger partial charge in [0.25, 0.3) is 0 Å². The second kappa shape index (κ2) is 10.5. The van der Waals surface area contributed by atoms with Crippen LogP contribution < -0.4 is 4.74 Å². The number of carboxylic acids is 1. The molecule has 1 N–H and O–H groups in total. The first-order valence-corrected chi connectivity index (χ1v) is 13.9. The minimum absolute atomic E-state index is 0.0459. The van der Waals surface area contributed by atoms with Crippen molar-refractivity contribution >= 4 is 5.97 Å². The monoisotopic (exact) mass is 493 g/mol. The first-order chi connectivity index (χ1) is 17.3. The number of rotatable bonds is 5. The van der Waals surface area contributed by atoms with E-state index in [9.17, 15) is 9.90 Å². The Morgan fingerprint density at radius 2 is 1.67 bits per heavy atom. The Morgan fingerprint density at radius 3 is 2.36 bits per heavy atom. The van der Waals surface area contributed by atoms with Gasteiger partial charge in [0.15, 0.2) is 11.6 Å². The molecule has 1 saturated carbocycles. The van der Waals surface area contributed by atoms with Crippen LogP contribution in [-0.2, 0) is 30.5 Å². The molecular formula is C31H40FNO3. The third-order valence-corrected chi connectivity index (χ3v) is 9.03. The van der Waals surface area contributed by atoms with Gasteiger partial charge >= 0.3 is 5.97 Å². The Balaban J connectivity index is 1.57. The van der Waals surface area contributed by atoms with E-state index in [1.165, 1.54) is 49.8 Å². The molecule has 0 aromatic heterocycles. The molecule has 0 atom stereocenters. The number of nitrogens with zero attached hydrogens (tertiary/aromatic N) is 1. The molecule has 2 aromatic rings. The van der Waals surface area contributed by atoms with E-state index in [1.807, 2.05) is 6.92 Å². The summed E-state index contributed by atoms with van der Waals surface area (Å²) in [5, 5.41) is 9.85. The fraction of sp³-hybridized carbons (Fsp3) is 0.581. The van der Waals surface area contributed by atoms with Crippen molar-refractivity contribution < 1.29 is 19.0 Å². The van der Waals surface area contributed by atoms with Gasteiger partial charge in [-0.25, -0.2) is 4.39 Å². The van der Waals surface area contributed by atoms with Crippen LogP contribution in [0.15, 0.2) is 6.07 Å². The standard InChI is InChI=1S/C31H40FNO3/c1-19-23-11-13-33(18-22-8-5-4-6-9-22)14-12-24(23)21(3)30(27(19)17-29(34)35)26-16-28(32)31-25(20(26)2)10-7-15-36-31/h16,22H,4-15,17-18H2,1-3H3,(H,34,35). The second-order valence-electron chi connectivity index (χ2n) is 11.2. The average molecular weight is 494 g/mol. The van der Waals surface area contributed by atoms with Crippen molar-refractivity contribution in [3.63, 3.8) is 0 Å². The lowest BCUT2D eigenvalue weighted by Gasteiger charge is -2.28. The SMILES string of the molecule is Cc1c(-c2c(C)c3c(c(C)c2CC(=O)O)CCN(CC2CCCCC2)CC3)cc(F)c2c1CCCO2. The first-order valence-electron chi connectivity index (χ1n) is 13.9. The van der Waals surface area contributed by atoms with Crippen LogP contribution in [0.3, 0.4) is 0 Å². The lowest BCUT2D eigenvalue weighted by molar-refractivity contribution is -0.136. The molecular weight excluding hydrogens is 453 g/mol. The first kappa shape index (κ1) is 25.3. The van der Waals surface area contributed by atoms with E-state index >= 15 is 4.39 Å². The van der Waals surface area contributed by atoms with Crippen LogP contribution in [0.5, 0.6) is 5.75 Å². The highest BCUT2D eigenvalue weighted by Gasteiger charge is 2.28. The summed E-state index contributed by atoms with van der Waals surface area (Å²) in [5.41, 5.74) is 9.44. The fourth-order valence-corrected chi connectivity index (χ4v) is 7.10. The molecule has 1 fully saturated rings. The lowest BCUT2D eigenvalue weighted by atomic mass is 9.80. The smallest absolute Gasteiger partial charge is 0.307 e. The molecule has 0 saturated heterocycles. The molecule has 1 aliphatic carbocycles. The third-order valence-electron chi connectivity index (χ3n) is 9.03. The Morgan fingerprint density at radius 1 is 0.972 bits per heavy atom. The minimum atomic E-state index is -0.842. The molecule has 4 nitrogen and oxygen atoms in total. The average Bonchev–Trinajstić information content (AvgIpc) is 3.08. The zero-order valence-electron chi connectivity index (χ0n) is 22.1. The van der Waals surface area contributed by atoms with Gasteiger partial charge in [-0.3, -0.25) is 4.79 Å². The third kappa shape index (κ3) is 4.79. The minimum Gasteiger partial charge on any atom is -0.490 e. The second-order valence-corrected chi connectivity index (χ2v) is 11.2. The molecule has 36 heavy (non-hydrogen) atoms. The maximum absolute atomic E-state index is 15.3. The van der Waals surface area contributed by atoms with Gasteiger partial charge in [-0.15, -0.1) is 0 Å². The van der Waals surface area contributed by atoms with E-state index in [2.05, 4.69) is 18.7 Å². The largest absolute Gasteiger partial charge is 0.490 e.